The second-order valence-electron chi connectivity index (χ2n) is 8.88. The largest absolute Gasteiger partial charge is 0.355 e. The van der Waals surface area contributed by atoms with Crippen molar-refractivity contribution < 1.29 is 18.0 Å². The van der Waals surface area contributed by atoms with Crippen molar-refractivity contribution in [3.05, 3.63) is 92.4 Å². The summed E-state index contributed by atoms with van der Waals surface area (Å²) in [6.07, 6.45) is 0.311. The van der Waals surface area contributed by atoms with Gasteiger partial charge < -0.3 is 10.2 Å². The van der Waals surface area contributed by atoms with Gasteiger partial charge in [-0.05, 0) is 74.4 Å². The van der Waals surface area contributed by atoms with Gasteiger partial charge in [0.1, 0.15) is 12.6 Å². The Balaban J connectivity index is 2.07. The van der Waals surface area contributed by atoms with Gasteiger partial charge in [0.25, 0.3) is 10.0 Å². The van der Waals surface area contributed by atoms with Gasteiger partial charge in [0.15, 0.2) is 0 Å². The molecule has 3 aromatic carbocycles. The molecule has 0 saturated carbocycles. The molecule has 1 N–H and O–H groups in total. The summed E-state index contributed by atoms with van der Waals surface area (Å²) in [5.74, 6) is -0.896. The Kier molecular flexibility index (Phi) is 10.8. The summed E-state index contributed by atoms with van der Waals surface area (Å²) < 4.78 is 29.5. The normalized spacial score (nSPS) is 12.1. The molecule has 0 aliphatic heterocycles. The number of amides is 2. The number of rotatable bonds is 11. The van der Waals surface area contributed by atoms with Crippen molar-refractivity contribution in [3.63, 3.8) is 0 Å². The summed E-state index contributed by atoms with van der Waals surface area (Å²) in [7, 11) is -4.14. The van der Waals surface area contributed by atoms with E-state index in [-0.39, 0.29) is 17.3 Å². The topological polar surface area (TPSA) is 86.8 Å². The van der Waals surface area contributed by atoms with Crippen molar-refractivity contribution >= 4 is 66.7 Å². The molecule has 0 heterocycles. The minimum atomic E-state index is -4.14. The van der Waals surface area contributed by atoms with Gasteiger partial charge in [-0.3, -0.25) is 13.9 Å². The molecule has 208 valence electrons. The molecule has 3 aromatic rings. The second kappa shape index (κ2) is 13.7. The summed E-state index contributed by atoms with van der Waals surface area (Å²) in [5.41, 5.74) is 1.79. The monoisotopic (exact) mass is 653 g/mol. The number of aryl methyl sites for hydroxylation is 1. The zero-order valence-electron chi connectivity index (χ0n) is 21.8. The molecule has 3 rings (SSSR count). The number of anilines is 1. The maximum atomic E-state index is 14.0. The summed E-state index contributed by atoms with van der Waals surface area (Å²) in [4.78, 5) is 28.4. The Labute approximate surface area is 248 Å². The predicted octanol–water partition coefficient (Wildman–Crippen LogP) is 6.20. The fourth-order valence-corrected chi connectivity index (χ4v) is 6.17. The molecule has 0 aromatic heterocycles. The number of benzene rings is 3. The number of carbonyl (C=O) groups is 2. The molecule has 0 bridgehead atoms. The SMILES string of the molecule is CCNC(=O)C(CC)N(Cc1ccc(Cl)cc1Cl)C(=O)CN(c1ccc(Br)cc1)S(=O)(=O)c1ccc(C)cc1. The van der Waals surface area contributed by atoms with Gasteiger partial charge in [0, 0.05) is 27.6 Å². The molecule has 0 aliphatic carbocycles. The molecule has 1 atom stereocenters. The lowest BCUT2D eigenvalue weighted by atomic mass is 10.1. The molecule has 1 unspecified atom stereocenters. The van der Waals surface area contributed by atoms with Crippen LogP contribution in [0, 0.1) is 6.92 Å². The van der Waals surface area contributed by atoms with E-state index in [9.17, 15) is 18.0 Å². The first-order valence-corrected chi connectivity index (χ1v) is 15.3. The lowest BCUT2D eigenvalue weighted by Crippen LogP contribution is -2.52. The van der Waals surface area contributed by atoms with E-state index in [1.165, 1.54) is 17.0 Å². The Morgan fingerprint density at radius 1 is 0.974 bits per heavy atom. The molecule has 0 spiro atoms. The van der Waals surface area contributed by atoms with Crippen LogP contribution in [-0.4, -0.2) is 44.3 Å². The van der Waals surface area contributed by atoms with Gasteiger partial charge in [-0.25, -0.2) is 8.42 Å². The van der Waals surface area contributed by atoms with Crippen molar-refractivity contribution in [1.29, 1.82) is 0 Å². The number of hydrogen-bond donors (Lipinski definition) is 1. The molecule has 11 heteroatoms. The summed E-state index contributed by atoms with van der Waals surface area (Å²) in [5, 5.41) is 3.54. The van der Waals surface area contributed by atoms with E-state index >= 15 is 0 Å². The highest BCUT2D eigenvalue weighted by Crippen LogP contribution is 2.28. The van der Waals surface area contributed by atoms with Crippen LogP contribution in [0.25, 0.3) is 0 Å². The first-order valence-electron chi connectivity index (χ1n) is 12.3. The first kappa shape index (κ1) is 30.9. The van der Waals surface area contributed by atoms with E-state index in [2.05, 4.69) is 21.2 Å². The van der Waals surface area contributed by atoms with Gasteiger partial charge in [-0.2, -0.15) is 0 Å². The van der Waals surface area contributed by atoms with E-state index in [1.54, 1.807) is 68.4 Å². The van der Waals surface area contributed by atoms with Crippen LogP contribution in [0.4, 0.5) is 5.69 Å². The van der Waals surface area contributed by atoms with Crippen molar-refractivity contribution in [2.75, 3.05) is 17.4 Å². The first-order chi connectivity index (χ1) is 18.5. The van der Waals surface area contributed by atoms with Crippen LogP contribution < -0.4 is 9.62 Å². The third kappa shape index (κ3) is 7.75. The molecule has 0 aliphatic rings. The standard InChI is InChI=1S/C28H30BrCl2N3O4S/c1-4-26(28(36)32-5-2)33(17-20-8-11-22(30)16-25(20)31)27(35)18-34(23-12-9-21(29)10-13-23)39(37,38)24-14-6-19(3)7-15-24/h6-16,26H,4-5,17-18H2,1-3H3,(H,32,36). The number of nitrogens with zero attached hydrogens (tertiary/aromatic N) is 2. The Hall–Kier alpha value is -2.59. The van der Waals surface area contributed by atoms with Crippen molar-refractivity contribution in [3.8, 4) is 0 Å². The lowest BCUT2D eigenvalue weighted by molar-refractivity contribution is -0.140. The number of nitrogens with one attached hydrogen (secondary N) is 1. The lowest BCUT2D eigenvalue weighted by Gasteiger charge is -2.33. The van der Waals surface area contributed by atoms with Crippen LogP contribution in [0.15, 0.2) is 76.1 Å². The highest BCUT2D eigenvalue weighted by molar-refractivity contribution is 9.10. The van der Waals surface area contributed by atoms with Crippen LogP contribution in [-0.2, 0) is 26.2 Å². The molecule has 0 saturated heterocycles. The van der Waals surface area contributed by atoms with Gasteiger partial charge in [-0.15, -0.1) is 0 Å². The third-order valence-corrected chi connectivity index (χ3v) is 9.00. The zero-order valence-corrected chi connectivity index (χ0v) is 25.7. The van der Waals surface area contributed by atoms with E-state index in [0.717, 1.165) is 14.3 Å². The molecular weight excluding hydrogens is 625 g/mol. The van der Waals surface area contributed by atoms with Crippen LogP contribution in [0.3, 0.4) is 0 Å². The van der Waals surface area contributed by atoms with Crippen LogP contribution in [0.1, 0.15) is 31.4 Å². The summed E-state index contributed by atoms with van der Waals surface area (Å²) >= 11 is 15.8. The van der Waals surface area contributed by atoms with Gasteiger partial charge in [0.05, 0.1) is 10.6 Å². The number of sulfonamides is 1. The Bertz CT molecular complexity index is 1420. The van der Waals surface area contributed by atoms with Gasteiger partial charge >= 0.3 is 0 Å². The number of halogens is 3. The quantitative estimate of drug-likeness (QED) is 0.267. The zero-order chi connectivity index (χ0) is 28.7. The fraction of sp³-hybridized carbons (Fsp3) is 0.286. The van der Waals surface area contributed by atoms with Crippen molar-refractivity contribution in [1.82, 2.24) is 10.2 Å². The minimum absolute atomic E-state index is 0.0107. The second-order valence-corrected chi connectivity index (χ2v) is 12.5. The highest BCUT2D eigenvalue weighted by Gasteiger charge is 2.33. The van der Waals surface area contributed by atoms with Crippen molar-refractivity contribution in [2.24, 2.45) is 0 Å². The summed E-state index contributed by atoms with van der Waals surface area (Å²) in [6.45, 7) is 5.28. The number of carbonyl (C=O) groups excluding carboxylic acids is 2. The molecule has 0 radical (unpaired) electrons. The summed E-state index contributed by atoms with van der Waals surface area (Å²) in [6, 6.07) is 17.1. The maximum Gasteiger partial charge on any atom is 0.264 e. The highest BCUT2D eigenvalue weighted by atomic mass is 79.9. The van der Waals surface area contributed by atoms with Gasteiger partial charge in [-0.1, -0.05) is 69.8 Å². The van der Waals surface area contributed by atoms with E-state index in [1.807, 2.05) is 6.92 Å². The predicted molar refractivity (Wildman–Crippen MR) is 160 cm³/mol. The number of likely N-dealkylation sites (N-methyl/N-ethyl adjacent to an activating group) is 1. The van der Waals surface area contributed by atoms with Crippen LogP contribution in [0.5, 0.6) is 0 Å². The average molecular weight is 655 g/mol. The number of hydrogen-bond acceptors (Lipinski definition) is 4. The van der Waals surface area contributed by atoms with Crippen LogP contribution >= 0.6 is 39.1 Å². The fourth-order valence-electron chi connectivity index (χ4n) is 4.02. The van der Waals surface area contributed by atoms with Gasteiger partial charge in [0.2, 0.25) is 11.8 Å². The van der Waals surface area contributed by atoms with E-state index in [4.69, 9.17) is 23.2 Å². The molecule has 39 heavy (non-hydrogen) atoms. The Morgan fingerprint density at radius 2 is 1.62 bits per heavy atom. The molecule has 0 fully saturated rings. The minimum Gasteiger partial charge on any atom is -0.355 e. The van der Waals surface area contributed by atoms with Crippen LogP contribution in [0.2, 0.25) is 10.0 Å². The Morgan fingerprint density at radius 3 is 2.18 bits per heavy atom. The van der Waals surface area contributed by atoms with E-state index in [0.29, 0.717) is 34.3 Å². The average Bonchev–Trinajstić information content (AvgIpc) is 2.89. The smallest absolute Gasteiger partial charge is 0.264 e. The third-order valence-electron chi connectivity index (χ3n) is 6.10. The maximum absolute atomic E-state index is 14.0. The van der Waals surface area contributed by atoms with Crippen molar-refractivity contribution in [2.45, 2.75) is 44.7 Å². The van der Waals surface area contributed by atoms with E-state index < -0.39 is 28.5 Å². The molecular formula is C28H30BrCl2N3O4S. The molecule has 7 nitrogen and oxygen atoms in total. The molecule has 2 amide bonds.